The van der Waals surface area contributed by atoms with E-state index in [4.69, 9.17) is 0 Å². The van der Waals surface area contributed by atoms with Crippen LogP contribution in [-0.4, -0.2) is 36.0 Å². The first-order chi connectivity index (χ1) is 15.3. The summed E-state index contributed by atoms with van der Waals surface area (Å²) in [5.41, 5.74) is 5.98. The quantitative estimate of drug-likeness (QED) is 0.633. The summed E-state index contributed by atoms with van der Waals surface area (Å²) in [6.45, 7) is 4.17. The summed E-state index contributed by atoms with van der Waals surface area (Å²) in [5.74, 6) is 7.58. The summed E-state index contributed by atoms with van der Waals surface area (Å²) in [5, 5.41) is 22.0. The molecule has 3 nitrogen and oxygen atoms in total. The average Bonchev–Trinajstić information content (AvgIpc) is 3.03. The minimum Gasteiger partial charge on any atom is -0.389 e. The lowest BCUT2D eigenvalue weighted by Crippen LogP contribution is -2.51. The molecule has 6 atom stereocenters. The van der Waals surface area contributed by atoms with Crippen molar-refractivity contribution in [3.8, 4) is 11.8 Å². The van der Waals surface area contributed by atoms with Crippen molar-refractivity contribution in [2.24, 2.45) is 17.3 Å². The molecule has 0 bridgehead atoms. The van der Waals surface area contributed by atoms with Gasteiger partial charge in [0.2, 0.25) is 0 Å². The zero-order valence-electron chi connectivity index (χ0n) is 20.0. The molecular formula is C29H37NO2. The Morgan fingerprint density at radius 2 is 1.81 bits per heavy atom. The Balaban J connectivity index is 1.66. The molecule has 0 saturated heterocycles. The Bertz CT molecular complexity index is 1020. The summed E-state index contributed by atoms with van der Waals surface area (Å²) in [6.07, 6.45) is 8.58. The van der Waals surface area contributed by atoms with Crippen LogP contribution in [0.4, 0.5) is 5.69 Å². The molecule has 0 aromatic heterocycles. The molecular weight excluding hydrogens is 394 g/mol. The van der Waals surface area contributed by atoms with E-state index in [1.54, 1.807) is 5.57 Å². The number of rotatable bonds is 2. The van der Waals surface area contributed by atoms with Crippen molar-refractivity contribution in [2.45, 2.75) is 76.4 Å². The van der Waals surface area contributed by atoms with Gasteiger partial charge < -0.3 is 15.1 Å². The first-order valence-electron chi connectivity index (χ1n) is 12.3. The van der Waals surface area contributed by atoms with Gasteiger partial charge in [-0.15, -0.1) is 5.92 Å². The second kappa shape index (κ2) is 7.79. The van der Waals surface area contributed by atoms with Crippen LogP contribution in [0.3, 0.4) is 0 Å². The van der Waals surface area contributed by atoms with E-state index < -0.39 is 5.60 Å². The number of aliphatic hydroxyl groups is 2. The van der Waals surface area contributed by atoms with Crippen LogP contribution in [0, 0.1) is 29.1 Å². The van der Waals surface area contributed by atoms with Crippen molar-refractivity contribution in [2.75, 3.05) is 19.0 Å². The van der Waals surface area contributed by atoms with E-state index in [0.29, 0.717) is 17.8 Å². The summed E-state index contributed by atoms with van der Waals surface area (Å²) in [6, 6.07) is 9.04. The first-order valence-corrected chi connectivity index (χ1v) is 12.3. The molecule has 0 amide bonds. The van der Waals surface area contributed by atoms with E-state index in [0.717, 1.165) is 44.9 Å². The van der Waals surface area contributed by atoms with E-state index in [2.05, 4.69) is 68.1 Å². The third-order valence-electron chi connectivity index (χ3n) is 9.16. The van der Waals surface area contributed by atoms with Gasteiger partial charge in [-0.1, -0.05) is 36.6 Å². The highest BCUT2D eigenvalue weighted by atomic mass is 16.3. The normalized spacial score (nSPS) is 38.1. The van der Waals surface area contributed by atoms with Gasteiger partial charge in [-0.25, -0.2) is 0 Å². The highest BCUT2D eigenvalue weighted by Gasteiger charge is 2.62. The molecule has 1 aromatic carbocycles. The lowest BCUT2D eigenvalue weighted by Gasteiger charge is -2.54. The Hall–Kier alpha value is -2.02. The molecule has 2 N–H and O–H groups in total. The average molecular weight is 432 g/mol. The zero-order chi connectivity index (χ0) is 22.7. The molecule has 32 heavy (non-hydrogen) atoms. The Labute approximate surface area is 193 Å². The summed E-state index contributed by atoms with van der Waals surface area (Å²) >= 11 is 0. The standard InChI is InChI=1S/C29H37NO2/c1-5-15-29(32)16-14-26-24-12-8-20-17-22(31)11-13-23(20)27(24)25(18-28(26,29)2)19-6-9-21(10-7-19)30(3)4/h6-7,9-10,17,22,24-26,31-32H,8,11-14,16,18H2,1-4H3. The maximum atomic E-state index is 11.7. The molecule has 0 radical (unpaired) electrons. The predicted octanol–water partition coefficient (Wildman–Crippen LogP) is 5.20. The van der Waals surface area contributed by atoms with Crippen molar-refractivity contribution >= 4 is 5.69 Å². The molecule has 1 aromatic rings. The fourth-order valence-electron chi connectivity index (χ4n) is 7.50. The molecule has 3 heteroatoms. The van der Waals surface area contributed by atoms with Gasteiger partial charge in [0.05, 0.1) is 6.10 Å². The second-order valence-corrected chi connectivity index (χ2v) is 10.9. The largest absolute Gasteiger partial charge is 0.389 e. The predicted molar refractivity (Wildman–Crippen MR) is 130 cm³/mol. The topological polar surface area (TPSA) is 43.7 Å². The highest BCUT2D eigenvalue weighted by molar-refractivity contribution is 5.52. The van der Waals surface area contributed by atoms with Crippen LogP contribution in [0.2, 0.25) is 0 Å². The first kappa shape index (κ1) is 21.8. The molecule has 170 valence electrons. The molecule has 0 spiro atoms. The molecule has 0 heterocycles. The van der Waals surface area contributed by atoms with Crippen LogP contribution in [0.15, 0.2) is 47.1 Å². The number of anilines is 1. The number of nitrogens with zero attached hydrogens (tertiary/aromatic N) is 1. The van der Waals surface area contributed by atoms with Crippen molar-refractivity contribution in [1.29, 1.82) is 0 Å². The number of aliphatic hydroxyl groups excluding tert-OH is 1. The van der Waals surface area contributed by atoms with Gasteiger partial charge in [0.1, 0.15) is 5.60 Å². The lowest BCUT2D eigenvalue weighted by molar-refractivity contribution is -0.0514. The Kier molecular flexibility index (Phi) is 5.31. The van der Waals surface area contributed by atoms with Gasteiger partial charge in [0, 0.05) is 31.1 Å². The van der Waals surface area contributed by atoms with Crippen LogP contribution < -0.4 is 4.90 Å². The van der Waals surface area contributed by atoms with Crippen molar-refractivity contribution < 1.29 is 10.2 Å². The number of hydrogen-bond acceptors (Lipinski definition) is 3. The van der Waals surface area contributed by atoms with Gasteiger partial charge in [-0.05, 0) is 92.5 Å². The molecule has 4 aliphatic rings. The van der Waals surface area contributed by atoms with Crippen LogP contribution >= 0.6 is 0 Å². The SMILES string of the molecule is CC#CC1(O)CCC2C3CCC4=CC(O)CCC4=C3C(c3ccc(N(C)C)cc3)CC21C. The van der Waals surface area contributed by atoms with E-state index in [-0.39, 0.29) is 11.5 Å². The Morgan fingerprint density at radius 3 is 2.50 bits per heavy atom. The smallest absolute Gasteiger partial charge is 0.131 e. The minimum atomic E-state index is -0.899. The van der Waals surface area contributed by atoms with Gasteiger partial charge in [0.15, 0.2) is 0 Å². The van der Waals surface area contributed by atoms with E-state index in [1.165, 1.54) is 22.4 Å². The lowest BCUT2D eigenvalue weighted by atomic mass is 9.51. The van der Waals surface area contributed by atoms with Crippen molar-refractivity contribution in [3.05, 3.63) is 52.6 Å². The molecule has 2 saturated carbocycles. The number of benzene rings is 1. The summed E-state index contributed by atoms with van der Waals surface area (Å²) < 4.78 is 0. The maximum absolute atomic E-state index is 11.7. The van der Waals surface area contributed by atoms with Crippen molar-refractivity contribution in [3.63, 3.8) is 0 Å². The number of allylic oxidation sites excluding steroid dienone is 3. The van der Waals surface area contributed by atoms with E-state index >= 15 is 0 Å². The number of fused-ring (bicyclic) bond motifs is 4. The minimum absolute atomic E-state index is 0.203. The number of hydrogen-bond donors (Lipinski definition) is 2. The molecule has 5 rings (SSSR count). The monoisotopic (exact) mass is 431 g/mol. The zero-order valence-corrected chi connectivity index (χ0v) is 20.0. The molecule has 4 aliphatic carbocycles. The summed E-state index contributed by atoms with van der Waals surface area (Å²) in [4.78, 5) is 2.14. The third-order valence-corrected chi connectivity index (χ3v) is 9.16. The fraction of sp³-hybridized carbons (Fsp3) is 0.586. The molecule has 0 aliphatic heterocycles. The van der Waals surface area contributed by atoms with Gasteiger partial charge >= 0.3 is 0 Å². The van der Waals surface area contributed by atoms with Crippen LogP contribution in [0.25, 0.3) is 0 Å². The molecule has 6 unspecified atom stereocenters. The molecule has 2 fully saturated rings. The summed E-state index contributed by atoms with van der Waals surface area (Å²) in [7, 11) is 4.16. The van der Waals surface area contributed by atoms with Crippen LogP contribution in [0.5, 0.6) is 0 Å². The second-order valence-electron chi connectivity index (χ2n) is 10.9. The van der Waals surface area contributed by atoms with Crippen LogP contribution in [-0.2, 0) is 0 Å². The van der Waals surface area contributed by atoms with Crippen molar-refractivity contribution in [1.82, 2.24) is 0 Å². The van der Waals surface area contributed by atoms with E-state index in [9.17, 15) is 10.2 Å². The van der Waals surface area contributed by atoms with Gasteiger partial charge in [-0.2, -0.15) is 0 Å². The third kappa shape index (κ3) is 3.18. The van der Waals surface area contributed by atoms with Gasteiger partial charge in [-0.3, -0.25) is 0 Å². The maximum Gasteiger partial charge on any atom is 0.131 e. The van der Waals surface area contributed by atoms with E-state index in [1.807, 2.05) is 6.92 Å². The van der Waals surface area contributed by atoms with Crippen LogP contribution in [0.1, 0.15) is 70.3 Å². The Morgan fingerprint density at radius 1 is 1.06 bits per heavy atom. The fourth-order valence-corrected chi connectivity index (χ4v) is 7.50. The highest BCUT2D eigenvalue weighted by Crippen LogP contribution is 2.66. The van der Waals surface area contributed by atoms with Gasteiger partial charge in [0.25, 0.3) is 0 Å².